The molecule has 0 radical (unpaired) electrons. The van der Waals surface area contributed by atoms with Crippen LogP contribution in [0.4, 0.5) is 8.78 Å². The number of benzene rings is 1. The van der Waals surface area contributed by atoms with E-state index in [0.29, 0.717) is 19.4 Å². The molecular weight excluding hydrogens is 212 g/mol. The number of carbonyl (C=O) groups excluding carboxylic acids is 1. The van der Waals surface area contributed by atoms with Crippen molar-refractivity contribution in [2.45, 2.75) is 12.8 Å². The molecule has 0 saturated heterocycles. The number of hydrogen-bond acceptors (Lipinski definition) is 1. The summed E-state index contributed by atoms with van der Waals surface area (Å²) in [7, 11) is 0. The average molecular weight is 223 g/mol. The van der Waals surface area contributed by atoms with Crippen LogP contribution in [0, 0.1) is 24.0 Å². The molecule has 0 saturated carbocycles. The highest BCUT2D eigenvalue weighted by Gasteiger charge is 2.07. The van der Waals surface area contributed by atoms with Gasteiger partial charge in [0.2, 0.25) is 0 Å². The lowest BCUT2D eigenvalue weighted by Gasteiger charge is -2.04. The van der Waals surface area contributed by atoms with Crippen molar-refractivity contribution in [3.63, 3.8) is 0 Å². The zero-order valence-electron chi connectivity index (χ0n) is 8.59. The third kappa shape index (κ3) is 3.70. The molecule has 2 nitrogen and oxygen atoms in total. The fourth-order valence-electron chi connectivity index (χ4n) is 1.18. The molecule has 0 heterocycles. The second-order valence-electron chi connectivity index (χ2n) is 3.22. The quantitative estimate of drug-likeness (QED) is 0.614. The predicted octanol–water partition coefficient (Wildman–Crippen LogP) is 2.11. The van der Waals surface area contributed by atoms with Gasteiger partial charge in [0, 0.05) is 24.6 Å². The average Bonchev–Trinajstić information content (AvgIpc) is 2.22. The van der Waals surface area contributed by atoms with E-state index >= 15 is 0 Å². The molecule has 16 heavy (non-hydrogen) atoms. The Morgan fingerprint density at radius 3 is 2.50 bits per heavy atom. The fourth-order valence-corrected chi connectivity index (χ4v) is 1.18. The minimum Gasteiger partial charge on any atom is -0.352 e. The molecule has 0 aliphatic carbocycles. The fraction of sp³-hybridized carbons (Fsp3) is 0.250. The van der Waals surface area contributed by atoms with E-state index < -0.39 is 17.5 Å². The third-order valence-corrected chi connectivity index (χ3v) is 1.91. The highest BCUT2D eigenvalue weighted by Crippen LogP contribution is 2.07. The molecule has 84 valence electrons. The number of halogens is 2. The van der Waals surface area contributed by atoms with Gasteiger partial charge in [0.1, 0.15) is 11.6 Å². The Morgan fingerprint density at radius 2 is 1.94 bits per heavy atom. The van der Waals surface area contributed by atoms with Gasteiger partial charge < -0.3 is 5.32 Å². The summed E-state index contributed by atoms with van der Waals surface area (Å²) in [6.45, 7) is 0.390. The van der Waals surface area contributed by atoms with E-state index in [1.165, 1.54) is 0 Å². The van der Waals surface area contributed by atoms with Gasteiger partial charge in [0.15, 0.2) is 0 Å². The number of amides is 1. The molecule has 1 amide bonds. The maximum absolute atomic E-state index is 12.8. The van der Waals surface area contributed by atoms with Crippen LogP contribution in [0.15, 0.2) is 18.2 Å². The summed E-state index contributed by atoms with van der Waals surface area (Å²) in [5.74, 6) is 0.385. The first-order chi connectivity index (χ1) is 7.63. The maximum Gasteiger partial charge on any atom is 0.251 e. The molecule has 1 aromatic carbocycles. The Bertz CT molecular complexity index is 403. The first-order valence-corrected chi connectivity index (χ1v) is 4.81. The molecule has 1 N–H and O–H groups in total. The minimum absolute atomic E-state index is 0.0294. The Labute approximate surface area is 92.7 Å². The summed E-state index contributed by atoms with van der Waals surface area (Å²) < 4.78 is 25.6. The van der Waals surface area contributed by atoms with Gasteiger partial charge >= 0.3 is 0 Å². The lowest BCUT2D eigenvalue weighted by atomic mass is 10.2. The van der Waals surface area contributed by atoms with E-state index in [0.717, 1.165) is 18.2 Å². The van der Waals surface area contributed by atoms with Crippen LogP contribution in [-0.4, -0.2) is 12.5 Å². The number of carbonyl (C=O) groups is 1. The van der Waals surface area contributed by atoms with Crippen molar-refractivity contribution >= 4 is 5.91 Å². The summed E-state index contributed by atoms with van der Waals surface area (Å²) in [6.07, 6.45) is 6.23. The second kappa shape index (κ2) is 5.86. The van der Waals surface area contributed by atoms with Crippen molar-refractivity contribution in [3.8, 4) is 12.3 Å². The Kier molecular flexibility index (Phi) is 4.46. The van der Waals surface area contributed by atoms with E-state index in [4.69, 9.17) is 6.42 Å². The molecule has 0 atom stereocenters. The zero-order valence-corrected chi connectivity index (χ0v) is 8.59. The molecule has 0 unspecified atom stereocenters. The summed E-state index contributed by atoms with van der Waals surface area (Å²) in [5.41, 5.74) is -0.0294. The first kappa shape index (κ1) is 12.2. The third-order valence-electron chi connectivity index (χ3n) is 1.91. The number of terminal acetylenes is 1. The summed E-state index contributed by atoms with van der Waals surface area (Å²) in [4.78, 5) is 11.4. The van der Waals surface area contributed by atoms with Gasteiger partial charge in [-0.05, 0) is 18.6 Å². The van der Waals surface area contributed by atoms with Crippen LogP contribution in [-0.2, 0) is 0 Å². The highest BCUT2D eigenvalue weighted by atomic mass is 19.1. The number of hydrogen-bond donors (Lipinski definition) is 1. The van der Waals surface area contributed by atoms with E-state index in [2.05, 4.69) is 11.2 Å². The van der Waals surface area contributed by atoms with Gasteiger partial charge in [-0.25, -0.2) is 8.78 Å². The number of rotatable bonds is 4. The van der Waals surface area contributed by atoms with Gasteiger partial charge in [-0.2, -0.15) is 0 Å². The molecular formula is C12H11F2NO. The summed E-state index contributed by atoms with van der Waals surface area (Å²) in [5, 5.41) is 2.52. The van der Waals surface area contributed by atoms with Gasteiger partial charge in [-0.1, -0.05) is 0 Å². The second-order valence-corrected chi connectivity index (χ2v) is 3.22. The molecule has 0 aromatic heterocycles. The molecule has 0 fully saturated rings. The van der Waals surface area contributed by atoms with E-state index in [-0.39, 0.29) is 5.56 Å². The molecule has 0 bridgehead atoms. The monoisotopic (exact) mass is 223 g/mol. The van der Waals surface area contributed by atoms with Crippen LogP contribution in [0.1, 0.15) is 23.2 Å². The first-order valence-electron chi connectivity index (χ1n) is 4.81. The molecule has 0 spiro atoms. The molecule has 1 aromatic rings. The smallest absolute Gasteiger partial charge is 0.251 e. The maximum atomic E-state index is 12.8. The van der Waals surface area contributed by atoms with Crippen LogP contribution in [0.2, 0.25) is 0 Å². The van der Waals surface area contributed by atoms with Crippen molar-refractivity contribution in [3.05, 3.63) is 35.4 Å². The van der Waals surface area contributed by atoms with Crippen molar-refractivity contribution in [1.82, 2.24) is 5.32 Å². The van der Waals surface area contributed by atoms with Gasteiger partial charge in [0.05, 0.1) is 0 Å². The van der Waals surface area contributed by atoms with Crippen LogP contribution < -0.4 is 5.32 Å². The predicted molar refractivity (Wildman–Crippen MR) is 56.8 cm³/mol. The largest absolute Gasteiger partial charge is 0.352 e. The summed E-state index contributed by atoms with van der Waals surface area (Å²) >= 11 is 0. The van der Waals surface area contributed by atoms with Crippen LogP contribution in [0.5, 0.6) is 0 Å². The Balaban J connectivity index is 2.56. The van der Waals surface area contributed by atoms with Crippen molar-refractivity contribution in [1.29, 1.82) is 0 Å². The number of unbranched alkanes of at least 4 members (excludes halogenated alkanes) is 1. The molecule has 4 heteroatoms. The van der Waals surface area contributed by atoms with E-state index in [1.54, 1.807) is 0 Å². The molecule has 0 aliphatic rings. The normalized spacial score (nSPS) is 9.56. The Morgan fingerprint density at radius 1 is 1.31 bits per heavy atom. The van der Waals surface area contributed by atoms with Crippen molar-refractivity contribution < 1.29 is 13.6 Å². The van der Waals surface area contributed by atoms with Gasteiger partial charge in [-0.15, -0.1) is 12.3 Å². The topological polar surface area (TPSA) is 29.1 Å². The lowest BCUT2D eigenvalue weighted by Crippen LogP contribution is -2.24. The minimum atomic E-state index is -0.770. The van der Waals surface area contributed by atoms with E-state index in [9.17, 15) is 13.6 Å². The van der Waals surface area contributed by atoms with Gasteiger partial charge in [-0.3, -0.25) is 4.79 Å². The highest BCUT2D eigenvalue weighted by molar-refractivity contribution is 5.94. The van der Waals surface area contributed by atoms with Gasteiger partial charge in [0.25, 0.3) is 5.91 Å². The van der Waals surface area contributed by atoms with Crippen molar-refractivity contribution in [2.75, 3.05) is 6.54 Å². The lowest BCUT2D eigenvalue weighted by molar-refractivity contribution is 0.0952. The van der Waals surface area contributed by atoms with Crippen LogP contribution >= 0.6 is 0 Å². The Hall–Kier alpha value is -1.89. The van der Waals surface area contributed by atoms with Crippen LogP contribution in [0.3, 0.4) is 0 Å². The SMILES string of the molecule is C#CCCCNC(=O)c1cc(F)cc(F)c1. The standard InChI is InChI=1S/C12H11F2NO/c1-2-3-4-5-15-12(16)9-6-10(13)8-11(14)7-9/h1,6-8H,3-5H2,(H,15,16). The van der Waals surface area contributed by atoms with Crippen molar-refractivity contribution in [2.24, 2.45) is 0 Å². The van der Waals surface area contributed by atoms with Crippen LogP contribution in [0.25, 0.3) is 0 Å². The summed E-state index contributed by atoms with van der Waals surface area (Å²) in [6, 6.07) is 2.69. The molecule has 0 aliphatic heterocycles. The van der Waals surface area contributed by atoms with E-state index in [1.807, 2.05) is 0 Å². The zero-order chi connectivity index (χ0) is 12.0. The number of nitrogens with one attached hydrogen (secondary N) is 1. The molecule has 1 rings (SSSR count).